The minimum Gasteiger partial charge on any atom is -0.489 e. The van der Waals surface area contributed by atoms with E-state index in [0.29, 0.717) is 26.3 Å². The molecule has 0 unspecified atom stereocenters. The second-order valence-electron chi connectivity index (χ2n) is 6.66. The summed E-state index contributed by atoms with van der Waals surface area (Å²) in [4.78, 5) is 17.1. The Kier molecular flexibility index (Phi) is 6.22. The first kappa shape index (κ1) is 20.9. The van der Waals surface area contributed by atoms with Crippen molar-refractivity contribution in [2.24, 2.45) is 0 Å². The molecule has 0 saturated heterocycles. The van der Waals surface area contributed by atoms with Gasteiger partial charge >= 0.3 is 6.55 Å². The number of rotatable bonds is 8. The van der Waals surface area contributed by atoms with E-state index in [2.05, 4.69) is 10.3 Å². The summed E-state index contributed by atoms with van der Waals surface area (Å²) in [5, 5.41) is 3.07. The molecule has 0 aliphatic rings. The molecule has 160 valence electrons. The van der Waals surface area contributed by atoms with E-state index in [1.165, 1.54) is 18.5 Å². The number of hydrogen-bond donors (Lipinski definition) is 1. The van der Waals surface area contributed by atoms with Gasteiger partial charge in [-0.15, -0.1) is 11.3 Å². The number of carbonyl (C=O) groups excluding carboxylic acids is 1. The van der Waals surface area contributed by atoms with E-state index in [-0.39, 0.29) is 25.4 Å². The Labute approximate surface area is 180 Å². The lowest BCUT2D eigenvalue weighted by molar-refractivity contribution is 0.0670. The smallest absolute Gasteiger partial charge is 0.319 e. The highest BCUT2D eigenvalue weighted by molar-refractivity contribution is 7.21. The van der Waals surface area contributed by atoms with Crippen LogP contribution in [0.1, 0.15) is 27.6 Å². The van der Waals surface area contributed by atoms with Crippen LogP contribution in [0.15, 0.2) is 60.9 Å². The van der Waals surface area contributed by atoms with Crippen LogP contribution >= 0.6 is 11.3 Å². The van der Waals surface area contributed by atoms with Crippen molar-refractivity contribution < 1.29 is 22.7 Å². The number of nitrogens with one attached hydrogen (secondary N) is 1. The molecule has 2 heterocycles. The lowest BCUT2D eigenvalue weighted by Gasteiger charge is -2.10. The summed E-state index contributed by atoms with van der Waals surface area (Å²) in [6, 6.07) is 13.7. The SMILES string of the molecule is O=C(NCCc1nccn1C(F)F)c1sc2cccc(F)c2c1COc1ccccc1. The van der Waals surface area contributed by atoms with Crippen LogP contribution in [0.2, 0.25) is 0 Å². The van der Waals surface area contributed by atoms with E-state index in [1.807, 2.05) is 18.2 Å². The molecule has 4 aromatic rings. The standard InChI is InChI=1S/C22H18F3N3O2S/c23-16-7-4-8-17-19(16)15(13-30-14-5-2-1-3-6-14)20(31-17)21(29)27-10-9-18-26-11-12-28(18)22(24)25/h1-8,11-12,22H,9-10,13H2,(H,27,29). The molecule has 5 nitrogen and oxygen atoms in total. The zero-order valence-electron chi connectivity index (χ0n) is 16.2. The lowest BCUT2D eigenvalue weighted by atomic mass is 10.1. The normalized spacial score (nSPS) is 11.2. The first-order valence-corrected chi connectivity index (χ1v) is 10.3. The molecule has 31 heavy (non-hydrogen) atoms. The highest BCUT2D eigenvalue weighted by atomic mass is 32.1. The van der Waals surface area contributed by atoms with Crippen molar-refractivity contribution in [3.63, 3.8) is 0 Å². The summed E-state index contributed by atoms with van der Waals surface area (Å²) >= 11 is 1.16. The third kappa shape index (κ3) is 4.56. The van der Waals surface area contributed by atoms with Crippen LogP contribution in [0.5, 0.6) is 5.75 Å². The molecule has 0 saturated carbocycles. The Balaban J connectivity index is 1.53. The van der Waals surface area contributed by atoms with Crippen LogP contribution in [-0.2, 0) is 13.0 Å². The maximum Gasteiger partial charge on any atom is 0.319 e. The third-order valence-electron chi connectivity index (χ3n) is 4.69. The summed E-state index contributed by atoms with van der Waals surface area (Å²) in [5.41, 5.74) is 0.452. The number of carbonyl (C=O) groups is 1. The van der Waals surface area contributed by atoms with Crippen LogP contribution in [-0.4, -0.2) is 22.0 Å². The molecule has 9 heteroatoms. The molecular weight excluding hydrogens is 427 g/mol. The van der Waals surface area contributed by atoms with Gasteiger partial charge in [-0.3, -0.25) is 9.36 Å². The van der Waals surface area contributed by atoms with Crippen molar-refractivity contribution in [2.45, 2.75) is 19.6 Å². The molecule has 1 N–H and O–H groups in total. The molecule has 0 atom stereocenters. The van der Waals surface area contributed by atoms with Crippen molar-refractivity contribution in [1.82, 2.24) is 14.9 Å². The van der Waals surface area contributed by atoms with Crippen molar-refractivity contribution in [3.05, 3.63) is 83.0 Å². The van der Waals surface area contributed by atoms with E-state index < -0.39 is 18.3 Å². The van der Waals surface area contributed by atoms with Gasteiger partial charge in [0.25, 0.3) is 5.91 Å². The number of amides is 1. The molecular formula is C22H18F3N3O2S. The first-order valence-electron chi connectivity index (χ1n) is 9.50. The van der Waals surface area contributed by atoms with E-state index in [0.717, 1.165) is 15.9 Å². The predicted octanol–water partition coefficient (Wildman–Crippen LogP) is 5.18. The Morgan fingerprint density at radius 3 is 2.74 bits per heavy atom. The molecule has 0 spiro atoms. The lowest BCUT2D eigenvalue weighted by Crippen LogP contribution is -2.26. The number of ether oxygens (including phenoxy) is 1. The van der Waals surface area contributed by atoms with Crippen LogP contribution in [0, 0.1) is 5.82 Å². The average molecular weight is 445 g/mol. The fraction of sp³-hybridized carbons (Fsp3) is 0.182. The van der Waals surface area contributed by atoms with Gasteiger partial charge in [-0.05, 0) is 24.3 Å². The van der Waals surface area contributed by atoms with Gasteiger partial charge in [0, 0.05) is 41.0 Å². The Hall–Kier alpha value is -3.33. The second-order valence-corrected chi connectivity index (χ2v) is 7.71. The molecule has 2 aromatic heterocycles. The Morgan fingerprint density at radius 1 is 1.16 bits per heavy atom. The fourth-order valence-corrected chi connectivity index (χ4v) is 4.38. The van der Waals surface area contributed by atoms with Gasteiger partial charge in [-0.2, -0.15) is 8.78 Å². The monoisotopic (exact) mass is 445 g/mol. The second kappa shape index (κ2) is 9.22. The molecule has 2 aromatic carbocycles. The Morgan fingerprint density at radius 2 is 1.97 bits per heavy atom. The van der Waals surface area contributed by atoms with Gasteiger partial charge in [0.05, 0.1) is 4.88 Å². The molecule has 0 radical (unpaired) electrons. The maximum absolute atomic E-state index is 14.5. The zero-order valence-corrected chi connectivity index (χ0v) is 17.0. The highest BCUT2D eigenvalue weighted by Crippen LogP contribution is 2.34. The minimum atomic E-state index is -2.69. The van der Waals surface area contributed by atoms with Crippen LogP contribution in [0.4, 0.5) is 13.2 Å². The van der Waals surface area contributed by atoms with Crippen molar-refractivity contribution in [2.75, 3.05) is 6.54 Å². The average Bonchev–Trinajstić information content (AvgIpc) is 3.38. The van der Waals surface area contributed by atoms with E-state index in [1.54, 1.807) is 24.3 Å². The summed E-state index contributed by atoms with van der Waals surface area (Å²) in [7, 11) is 0. The van der Waals surface area contributed by atoms with Gasteiger partial charge in [-0.25, -0.2) is 9.37 Å². The van der Waals surface area contributed by atoms with Crippen molar-refractivity contribution in [3.8, 4) is 5.75 Å². The minimum absolute atomic E-state index is 0.0173. The molecule has 0 aliphatic heterocycles. The zero-order chi connectivity index (χ0) is 21.8. The summed E-state index contributed by atoms with van der Waals surface area (Å²) in [5.74, 6) is -0.0745. The van der Waals surface area contributed by atoms with Gasteiger partial charge in [0.2, 0.25) is 0 Å². The number of benzene rings is 2. The number of thiophene rings is 1. The van der Waals surface area contributed by atoms with Crippen molar-refractivity contribution >= 4 is 27.3 Å². The van der Waals surface area contributed by atoms with Crippen LogP contribution in [0.3, 0.4) is 0 Å². The fourth-order valence-electron chi connectivity index (χ4n) is 3.24. The third-order valence-corrected chi connectivity index (χ3v) is 5.89. The number of imidazole rings is 1. The summed E-state index contributed by atoms with van der Waals surface area (Å²) < 4.78 is 47.6. The number of fused-ring (bicyclic) bond motifs is 1. The van der Waals surface area contributed by atoms with Gasteiger partial charge in [0.15, 0.2) is 0 Å². The highest BCUT2D eigenvalue weighted by Gasteiger charge is 2.21. The number of alkyl halides is 2. The van der Waals surface area contributed by atoms with E-state index in [9.17, 15) is 18.0 Å². The number of aromatic nitrogens is 2. The van der Waals surface area contributed by atoms with Crippen molar-refractivity contribution in [1.29, 1.82) is 0 Å². The quantitative estimate of drug-likeness (QED) is 0.406. The molecule has 0 aliphatic carbocycles. The number of hydrogen-bond acceptors (Lipinski definition) is 4. The maximum atomic E-state index is 14.5. The molecule has 4 rings (SSSR count). The van der Waals surface area contributed by atoms with Gasteiger partial charge in [0.1, 0.15) is 24.0 Å². The Bertz CT molecular complexity index is 1190. The topological polar surface area (TPSA) is 56.2 Å². The largest absolute Gasteiger partial charge is 0.489 e. The van der Waals surface area contributed by atoms with Gasteiger partial charge < -0.3 is 10.1 Å². The number of halogens is 3. The van der Waals surface area contributed by atoms with Crippen LogP contribution < -0.4 is 10.1 Å². The molecule has 0 fully saturated rings. The first-order chi connectivity index (χ1) is 15.0. The van der Waals surface area contributed by atoms with E-state index in [4.69, 9.17) is 4.74 Å². The number of para-hydroxylation sites is 1. The van der Waals surface area contributed by atoms with E-state index >= 15 is 0 Å². The molecule has 1 amide bonds. The number of nitrogens with zero attached hydrogens (tertiary/aromatic N) is 2. The summed E-state index contributed by atoms with van der Waals surface area (Å²) in [6.45, 7) is -2.57. The van der Waals surface area contributed by atoms with Crippen LogP contribution in [0.25, 0.3) is 10.1 Å². The van der Waals surface area contributed by atoms with Gasteiger partial charge in [-0.1, -0.05) is 24.3 Å². The summed E-state index contributed by atoms with van der Waals surface area (Å²) in [6.07, 6.45) is 2.62. The molecule has 0 bridgehead atoms. The predicted molar refractivity (Wildman–Crippen MR) is 112 cm³/mol.